The van der Waals surface area contributed by atoms with Crippen molar-refractivity contribution in [2.24, 2.45) is 5.41 Å². The van der Waals surface area contributed by atoms with Gasteiger partial charge < -0.3 is 10.3 Å². The van der Waals surface area contributed by atoms with E-state index in [0.717, 1.165) is 48.0 Å². The van der Waals surface area contributed by atoms with E-state index in [0.29, 0.717) is 6.42 Å². The quantitative estimate of drug-likeness (QED) is 0.705. The third kappa shape index (κ3) is 3.10. The van der Waals surface area contributed by atoms with Crippen LogP contribution in [0.2, 0.25) is 0 Å². The number of hydrogen-bond donors (Lipinski definition) is 2. The van der Waals surface area contributed by atoms with Gasteiger partial charge in [0.05, 0.1) is 0 Å². The van der Waals surface area contributed by atoms with Crippen molar-refractivity contribution in [3.63, 3.8) is 0 Å². The van der Waals surface area contributed by atoms with E-state index in [1.165, 1.54) is 6.07 Å². The maximum atomic E-state index is 13.6. The van der Waals surface area contributed by atoms with Crippen LogP contribution < -0.4 is 5.32 Å². The van der Waals surface area contributed by atoms with Crippen molar-refractivity contribution in [1.29, 1.82) is 0 Å². The number of carbonyl (C=O) groups excluding carboxylic acids is 1. The van der Waals surface area contributed by atoms with Gasteiger partial charge in [0.1, 0.15) is 5.82 Å². The Morgan fingerprint density at radius 1 is 1.08 bits per heavy atom. The second-order valence-electron chi connectivity index (χ2n) is 6.95. The number of Topliss-reactive ketones (excluding diaryl/α,β-unsaturated/α-hetero) is 1. The fourth-order valence-electron chi connectivity index (χ4n) is 3.93. The van der Waals surface area contributed by atoms with Gasteiger partial charge in [-0.05, 0) is 74.3 Å². The van der Waals surface area contributed by atoms with Gasteiger partial charge in [-0.3, -0.25) is 4.79 Å². The number of H-pyrrole nitrogens is 1. The summed E-state index contributed by atoms with van der Waals surface area (Å²) in [4.78, 5) is 16.6. The average Bonchev–Trinajstić information content (AvgIpc) is 3.09. The standard InChI is InChI=1S/C21H21FN2O/c22-18-3-1-2-15(12-18)14-21(7-10-23-11-8-21)20(25)17-4-5-19-16(13-17)6-9-24-19/h1-6,9,12-13,23-24H,7-8,10-11,14H2. The molecule has 0 saturated carbocycles. The number of carbonyl (C=O) groups is 1. The molecular formula is C21H21FN2O. The molecule has 2 aromatic carbocycles. The van der Waals surface area contributed by atoms with Crippen LogP contribution in [0.4, 0.5) is 4.39 Å². The summed E-state index contributed by atoms with van der Waals surface area (Å²) in [7, 11) is 0. The second-order valence-corrected chi connectivity index (χ2v) is 6.95. The molecule has 128 valence electrons. The van der Waals surface area contributed by atoms with E-state index in [4.69, 9.17) is 0 Å². The lowest BCUT2D eigenvalue weighted by atomic mass is 9.69. The SMILES string of the molecule is O=C(c1ccc2[nH]ccc2c1)C1(Cc2cccc(F)c2)CCNCC1. The number of benzene rings is 2. The number of nitrogens with one attached hydrogen (secondary N) is 2. The lowest BCUT2D eigenvalue weighted by Gasteiger charge is -2.36. The van der Waals surface area contributed by atoms with Crippen LogP contribution in [0.3, 0.4) is 0 Å². The number of rotatable bonds is 4. The van der Waals surface area contributed by atoms with E-state index in [2.05, 4.69) is 10.3 Å². The molecule has 25 heavy (non-hydrogen) atoms. The molecule has 3 aromatic rings. The zero-order valence-corrected chi connectivity index (χ0v) is 14.0. The van der Waals surface area contributed by atoms with Crippen LogP contribution in [-0.4, -0.2) is 23.9 Å². The van der Waals surface area contributed by atoms with Crippen LogP contribution >= 0.6 is 0 Å². The highest BCUT2D eigenvalue weighted by Crippen LogP contribution is 2.37. The topological polar surface area (TPSA) is 44.9 Å². The molecule has 0 amide bonds. The molecule has 0 bridgehead atoms. The Labute approximate surface area is 146 Å². The number of piperidine rings is 1. The van der Waals surface area contributed by atoms with Gasteiger partial charge in [0.15, 0.2) is 5.78 Å². The molecule has 2 N–H and O–H groups in total. The van der Waals surface area contributed by atoms with Crippen LogP contribution in [0, 0.1) is 11.2 Å². The number of halogens is 1. The molecule has 1 saturated heterocycles. The number of hydrogen-bond acceptors (Lipinski definition) is 2. The van der Waals surface area contributed by atoms with Gasteiger partial charge >= 0.3 is 0 Å². The fraction of sp³-hybridized carbons (Fsp3) is 0.286. The third-order valence-corrected chi connectivity index (χ3v) is 5.29. The van der Waals surface area contributed by atoms with Gasteiger partial charge in [-0.2, -0.15) is 0 Å². The Kier molecular flexibility index (Phi) is 4.14. The summed E-state index contributed by atoms with van der Waals surface area (Å²) >= 11 is 0. The third-order valence-electron chi connectivity index (χ3n) is 5.29. The zero-order chi connectivity index (χ0) is 17.3. The van der Waals surface area contributed by atoms with Crippen molar-refractivity contribution < 1.29 is 9.18 Å². The molecule has 1 fully saturated rings. The van der Waals surface area contributed by atoms with Gasteiger partial charge in [0.2, 0.25) is 0 Å². The van der Waals surface area contributed by atoms with E-state index < -0.39 is 5.41 Å². The van der Waals surface area contributed by atoms with Crippen molar-refractivity contribution in [3.8, 4) is 0 Å². The molecule has 0 spiro atoms. The van der Waals surface area contributed by atoms with E-state index in [-0.39, 0.29) is 11.6 Å². The molecule has 3 nitrogen and oxygen atoms in total. The van der Waals surface area contributed by atoms with E-state index in [1.54, 1.807) is 12.1 Å². The number of ketones is 1. The summed E-state index contributed by atoms with van der Waals surface area (Å²) in [6.07, 6.45) is 4.00. The maximum absolute atomic E-state index is 13.6. The van der Waals surface area contributed by atoms with Gasteiger partial charge in [-0.1, -0.05) is 12.1 Å². The summed E-state index contributed by atoms with van der Waals surface area (Å²) in [6.45, 7) is 1.63. The molecule has 4 rings (SSSR count). The number of fused-ring (bicyclic) bond motifs is 1. The van der Waals surface area contributed by atoms with E-state index in [9.17, 15) is 9.18 Å². The van der Waals surface area contributed by atoms with Crippen LogP contribution in [0.25, 0.3) is 10.9 Å². The number of aromatic nitrogens is 1. The molecule has 0 atom stereocenters. The van der Waals surface area contributed by atoms with Gasteiger partial charge in [-0.25, -0.2) is 4.39 Å². The normalized spacial score (nSPS) is 16.8. The van der Waals surface area contributed by atoms with Crippen molar-refractivity contribution >= 4 is 16.7 Å². The largest absolute Gasteiger partial charge is 0.361 e. The maximum Gasteiger partial charge on any atom is 0.169 e. The summed E-state index contributed by atoms with van der Waals surface area (Å²) in [5.41, 5.74) is 2.19. The highest BCUT2D eigenvalue weighted by molar-refractivity contribution is 6.03. The predicted octanol–water partition coefficient (Wildman–Crippen LogP) is 4.10. The highest BCUT2D eigenvalue weighted by atomic mass is 19.1. The minimum Gasteiger partial charge on any atom is -0.361 e. The molecule has 0 aliphatic carbocycles. The first kappa shape index (κ1) is 16.0. The second kappa shape index (κ2) is 6.45. The predicted molar refractivity (Wildman–Crippen MR) is 97.3 cm³/mol. The van der Waals surface area contributed by atoms with Gasteiger partial charge in [0, 0.05) is 28.1 Å². The van der Waals surface area contributed by atoms with Gasteiger partial charge in [-0.15, -0.1) is 0 Å². The molecule has 4 heteroatoms. The lowest BCUT2D eigenvalue weighted by molar-refractivity contribution is 0.0726. The average molecular weight is 336 g/mol. The fourth-order valence-corrected chi connectivity index (χ4v) is 3.93. The minimum atomic E-state index is -0.469. The smallest absolute Gasteiger partial charge is 0.169 e. The summed E-state index contributed by atoms with van der Waals surface area (Å²) in [6, 6.07) is 14.4. The monoisotopic (exact) mass is 336 g/mol. The minimum absolute atomic E-state index is 0.168. The first-order valence-corrected chi connectivity index (χ1v) is 8.73. The van der Waals surface area contributed by atoms with Crippen molar-refractivity contribution in [1.82, 2.24) is 10.3 Å². The van der Waals surface area contributed by atoms with Gasteiger partial charge in [0.25, 0.3) is 0 Å². The van der Waals surface area contributed by atoms with Crippen molar-refractivity contribution in [2.45, 2.75) is 19.3 Å². The molecule has 0 unspecified atom stereocenters. The first-order valence-electron chi connectivity index (χ1n) is 8.73. The zero-order valence-electron chi connectivity index (χ0n) is 14.0. The summed E-state index contributed by atoms with van der Waals surface area (Å²) in [5, 5.41) is 4.38. The summed E-state index contributed by atoms with van der Waals surface area (Å²) < 4.78 is 13.6. The molecular weight excluding hydrogens is 315 g/mol. The van der Waals surface area contributed by atoms with Crippen LogP contribution in [0.5, 0.6) is 0 Å². The molecule has 0 radical (unpaired) electrons. The van der Waals surface area contributed by atoms with Crippen LogP contribution in [0.15, 0.2) is 54.7 Å². The summed E-state index contributed by atoms with van der Waals surface area (Å²) in [5.74, 6) is -0.0795. The number of aromatic amines is 1. The molecule has 2 heterocycles. The molecule has 1 aromatic heterocycles. The Morgan fingerprint density at radius 2 is 1.92 bits per heavy atom. The Morgan fingerprint density at radius 3 is 2.72 bits per heavy atom. The van der Waals surface area contributed by atoms with Crippen LogP contribution in [0.1, 0.15) is 28.8 Å². The van der Waals surface area contributed by atoms with Crippen molar-refractivity contribution in [2.75, 3.05) is 13.1 Å². The Balaban J connectivity index is 1.70. The highest BCUT2D eigenvalue weighted by Gasteiger charge is 2.40. The molecule has 1 aliphatic rings. The van der Waals surface area contributed by atoms with Crippen molar-refractivity contribution in [3.05, 3.63) is 71.7 Å². The Bertz CT molecular complexity index is 909. The molecule has 1 aliphatic heterocycles. The van der Waals surface area contributed by atoms with E-state index >= 15 is 0 Å². The van der Waals surface area contributed by atoms with E-state index in [1.807, 2.05) is 36.5 Å². The van der Waals surface area contributed by atoms with Crippen LogP contribution in [-0.2, 0) is 6.42 Å². The Hall–Kier alpha value is -2.46. The lowest BCUT2D eigenvalue weighted by Crippen LogP contribution is -2.43. The first-order chi connectivity index (χ1) is 12.2.